The van der Waals surface area contributed by atoms with Gasteiger partial charge in [-0.1, -0.05) is 0 Å². The summed E-state index contributed by atoms with van der Waals surface area (Å²) in [7, 11) is 2.15. The van der Waals surface area contributed by atoms with Crippen LogP contribution in [0.1, 0.15) is 13.8 Å². The Balaban J connectivity index is 3.12. The number of hydrogen-bond acceptors (Lipinski definition) is 8. The summed E-state index contributed by atoms with van der Waals surface area (Å²) < 4.78 is 19.6. The van der Waals surface area contributed by atoms with Crippen LogP contribution in [-0.4, -0.2) is 43.4 Å². The summed E-state index contributed by atoms with van der Waals surface area (Å²) in [5.41, 5.74) is 0. The third-order valence-electron chi connectivity index (χ3n) is 2.85. The van der Waals surface area contributed by atoms with Crippen LogP contribution in [0.25, 0.3) is 0 Å². The van der Waals surface area contributed by atoms with Crippen molar-refractivity contribution >= 4 is 11.9 Å². The van der Waals surface area contributed by atoms with E-state index in [1.54, 1.807) is 13.8 Å². The Morgan fingerprint density at radius 3 is 2.19 bits per heavy atom. The van der Waals surface area contributed by atoms with Crippen LogP contribution < -0.4 is 0 Å². The minimum absolute atomic E-state index is 0.0255. The highest BCUT2D eigenvalue weighted by molar-refractivity contribution is 5.95. The molecule has 0 aromatic carbocycles. The van der Waals surface area contributed by atoms with Gasteiger partial charge in [-0.25, -0.2) is 0 Å². The van der Waals surface area contributed by atoms with Gasteiger partial charge in [0.05, 0.1) is 14.2 Å². The van der Waals surface area contributed by atoms with Crippen LogP contribution in [-0.2, 0) is 28.5 Å². The zero-order valence-electron chi connectivity index (χ0n) is 12.2. The molecular weight excluding hydrogens is 286 g/mol. The van der Waals surface area contributed by atoms with Crippen molar-refractivity contribution in [3.63, 3.8) is 0 Å². The number of hydrogen-bond donors (Lipinski definition) is 0. The Kier molecular flexibility index (Phi) is 5.12. The average molecular weight is 303 g/mol. The lowest BCUT2D eigenvalue weighted by molar-refractivity contribution is -0.488. The van der Waals surface area contributed by atoms with Gasteiger partial charge in [-0.2, -0.15) is 0 Å². The summed E-state index contributed by atoms with van der Waals surface area (Å²) in [6.45, 7) is 2.47. The average Bonchev–Trinajstić information content (AvgIpc) is 2.77. The summed E-state index contributed by atoms with van der Waals surface area (Å²) in [5.74, 6) is -5.57. The highest BCUT2D eigenvalue weighted by Crippen LogP contribution is 2.33. The Bertz CT molecular complexity index is 454. The summed E-state index contributed by atoms with van der Waals surface area (Å²) in [4.78, 5) is 33.7. The molecule has 9 nitrogen and oxygen atoms in total. The molecule has 0 aromatic heterocycles. The molecule has 21 heavy (non-hydrogen) atoms. The van der Waals surface area contributed by atoms with Crippen molar-refractivity contribution in [1.82, 2.24) is 0 Å². The highest BCUT2D eigenvalue weighted by Gasteiger charge is 2.46. The quantitative estimate of drug-likeness (QED) is 0.301. The van der Waals surface area contributed by atoms with Gasteiger partial charge < -0.3 is 18.9 Å². The molecular formula is C12H17NO8. The van der Waals surface area contributed by atoms with E-state index < -0.39 is 41.0 Å². The van der Waals surface area contributed by atoms with E-state index in [2.05, 4.69) is 9.47 Å². The monoisotopic (exact) mass is 303 g/mol. The molecule has 0 N–H and O–H groups in total. The number of ether oxygens (including phenoxy) is 4. The number of carbonyl (C=O) groups is 2. The van der Waals surface area contributed by atoms with Crippen LogP contribution in [0.4, 0.5) is 0 Å². The van der Waals surface area contributed by atoms with E-state index in [0.717, 1.165) is 20.5 Å². The van der Waals surface area contributed by atoms with Gasteiger partial charge in [-0.15, -0.1) is 0 Å². The van der Waals surface area contributed by atoms with E-state index in [9.17, 15) is 19.7 Å². The highest BCUT2D eigenvalue weighted by atomic mass is 16.7. The fraction of sp³-hybridized carbons (Fsp3) is 0.667. The van der Waals surface area contributed by atoms with Gasteiger partial charge >= 0.3 is 11.9 Å². The van der Waals surface area contributed by atoms with Gasteiger partial charge in [-0.3, -0.25) is 19.7 Å². The first-order chi connectivity index (χ1) is 9.71. The van der Waals surface area contributed by atoms with E-state index in [1.165, 1.54) is 0 Å². The molecule has 118 valence electrons. The number of nitrogens with zero attached hydrogens (tertiary/aromatic N) is 1. The first kappa shape index (κ1) is 16.7. The molecule has 1 atom stereocenters. The number of esters is 2. The Morgan fingerprint density at radius 1 is 1.33 bits per heavy atom. The molecule has 1 heterocycles. The van der Waals surface area contributed by atoms with Gasteiger partial charge in [0, 0.05) is 18.8 Å². The van der Waals surface area contributed by atoms with Crippen molar-refractivity contribution in [2.24, 2.45) is 11.8 Å². The zero-order valence-corrected chi connectivity index (χ0v) is 12.2. The molecule has 1 unspecified atom stereocenters. The maximum atomic E-state index is 11.8. The lowest BCUT2D eigenvalue weighted by Gasteiger charge is -2.23. The SMILES string of the molecule is COC(=O)C(C(=O)OC)C(C[N+](=O)[O-])C1=COC(C)(C)O1. The van der Waals surface area contributed by atoms with Crippen molar-refractivity contribution in [2.45, 2.75) is 19.6 Å². The minimum Gasteiger partial charge on any atom is -0.468 e. The van der Waals surface area contributed by atoms with Crippen LogP contribution in [0.2, 0.25) is 0 Å². The van der Waals surface area contributed by atoms with Crippen LogP contribution >= 0.6 is 0 Å². The number of methoxy groups -OCH3 is 2. The van der Waals surface area contributed by atoms with Crippen LogP contribution in [0, 0.1) is 22.0 Å². The van der Waals surface area contributed by atoms with Crippen molar-refractivity contribution < 1.29 is 33.5 Å². The van der Waals surface area contributed by atoms with Crippen LogP contribution in [0.3, 0.4) is 0 Å². The molecule has 0 bridgehead atoms. The van der Waals surface area contributed by atoms with Crippen molar-refractivity contribution in [3.8, 4) is 0 Å². The second kappa shape index (κ2) is 6.42. The van der Waals surface area contributed by atoms with Crippen molar-refractivity contribution in [1.29, 1.82) is 0 Å². The number of rotatable bonds is 6. The lowest BCUT2D eigenvalue weighted by Crippen LogP contribution is -2.38. The fourth-order valence-corrected chi connectivity index (χ4v) is 1.89. The second-order valence-corrected chi connectivity index (χ2v) is 4.79. The molecule has 0 radical (unpaired) electrons. The third kappa shape index (κ3) is 4.07. The van der Waals surface area contributed by atoms with Crippen LogP contribution in [0.5, 0.6) is 0 Å². The van der Waals surface area contributed by atoms with Gasteiger partial charge in [0.1, 0.15) is 17.9 Å². The molecule has 0 spiro atoms. The molecule has 1 aliphatic rings. The Morgan fingerprint density at radius 2 is 1.86 bits per heavy atom. The Hall–Kier alpha value is -2.32. The predicted octanol–water partition coefficient (Wildman–Crippen LogP) is 0.466. The molecule has 0 amide bonds. The number of nitro groups is 1. The van der Waals surface area contributed by atoms with Gasteiger partial charge in [0.15, 0.2) is 5.92 Å². The summed E-state index contributed by atoms with van der Waals surface area (Å²) in [5, 5.41) is 10.8. The second-order valence-electron chi connectivity index (χ2n) is 4.79. The normalized spacial score (nSPS) is 17.3. The number of carbonyl (C=O) groups excluding carboxylic acids is 2. The molecule has 0 aliphatic carbocycles. The Labute approximate surface area is 120 Å². The largest absolute Gasteiger partial charge is 0.468 e. The molecule has 1 rings (SSSR count). The van der Waals surface area contributed by atoms with Crippen LogP contribution in [0.15, 0.2) is 12.0 Å². The fourth-order valence-electron chi connectivity index (χ4n) is 1.89. The van der Waals surface area contributed by atoms with E-state index in [-0.39, 0.29) is 5.76 Å². The standard InChI is InChI=1S/C12H17NO8/c1-12(2)20-6-8(21-12)7(5-13(16)17)9(10(14)18-3)11(15)19-4/h6-7,9H,5H2,1-4H3. The van der Waals surface area contributed by atoms with E-state index in [0.29, 0.717) is 0 Å². The van der Waals surface area contributed by atoms with Gasteiger partial charge in [0.25, 0.3) is 0 Å². The first-order valence-electron chi connectivity index (χ1n) is 6.06. The van der Waals surface area contributed by atoms with Gasteiger partial charge in [-0.05, 0) is 0 Å². The zero-order chi connectivity index (χ0) is 16.2. The maximum absolute atomic E-state index is 11.8. The van der Waals surface area contributed by atoms with E-state index in [4.69, 9.17) is 9.47 Å². The lowest BCUT2D eigenvalue weighted by atomic mass is 9.90. The molecule has 1 aliphatic heterocycles. The van der Waals surface area contributed by atoms with E-state index in [1.807, 2.05) is 0 Å². The summed E-state index contributed by atoms with van der Waals surface area (Å²) in [6.07, 6.45) is 1.16. The topological polar surface area (TPSA) is 114 Å². The minimum atomic E-state index is -1.51. The van der Waals surface area contributed by atoms with Gasteiger partial charge in [0.2, 0.25) is 12.3 Å². The smallest absolute Gasteiger partial charge is 0.321 e. The summed E-state index contributed by atoms with van der Waals surface area (Å²) >= 11 is 0. The maximum Gasteiger partial charge on any atom is 0.321 e. The molecule has 0 aromatic rings. The molecule has 0 saturated heterocycles. The molecule has 0 fully saturated rings. The van der Waals surface area contributed by atoms with Crippen molar-refractivity contribution in [2.75, 3.05) is 20.8 Å². The van der Waals surface area contributed by atoms with Crippen molar-refractivity contribution in [3.05, 3.63) is 22.1 Å². The summed E-state index contributed by atoms with van der Waals surface area (Å²) in [6, 6.07) is 0. The molecule has 0 saturated carbocycles. The predicted molar refractivity (Wildman–Crippen MR) is 67.2 cm³/mol. The molecule has 9 heteroatoms. The first-order valence-corrected chi connectivity index (χ1v) is 6.06. The third-order valence-corrected chi connectivity index (χ3v) is 2.85. The van der Waals surface area contributed by atoms with E-state index >= 15 is 0 Å².